The summed E-state index contributed by atoms with van der Waals surface area (Å²) in [5.41, 5.74) is 9.47. The molecule has 2 aliphatic rings. The first-order valence-corrected chi connectivity index (χ1v) is 14.4. The van der Waals surface area contributed by atoms with Crippen LogP contribution in [0.4, 0.5) is 0 Å². The number of amides is 2. The quantitative estimate of drug-likeness (QED) is 0.325. The molecule has 2 N–H and O–H groups in total. The Morgan fingerprint density at radius 2 is 1.79 bits per heavy atom. The summed E-state index contributed by atoms with van der Waals surface area (Å²) in [6, 6.07) is 10.4. The van der Waals surface area contributed by atoms with E-state index < -0.39 is 11.4 Å². The zero-order valence-corrected chi connectivity index (χ0v) is 25.3. The Bertz CT molecular complexity index is 1750. The van der Waals surface area contributed by atoms with Gasteiger partial charge in [-0.15, -0.1) is 0 Å². The Morgan fingerprint density at radius 3 is 2.49 bits per heavy atom. The molecule has 43 heavy (non-hydrogen) atoms. The van der Waals surface area contributed by atoms with E-state index >= 15 is 0 Å². The third-order valence-electron chi connectivity index (χ3n) is 7.67. The molecule has 10 nitrogen and oxygen atoms in total. The van der Waals surface area contributed by atoms with Crippen molar-refractivity contribution in [2.24, 2.45) is 5.73 Å². The molecule has 1 saturated heterocycles. The van der Waals surface area contributed by atoms with Crippen LogP contribution in [-0.2, 0) is 11.2 Å². The minimum Gasteiger partial charge on any atom is -0.496 e. The molecule has 2 amide bonds. The van der Waals surface area contributed by atoms with Crippen molar-refractivity contribution in [1.82, 2.24) is 19.7 Å². The fourth-order valence-electron chi connectivity index (χ4n) is 5.59. The Labute approximate surface area is 258 Å². The highest BCUT2D eigenvalue weighted by Gasteiger charge is 2.38. The number of hydrogen-bond donors (Lipinski definition) is 1. The van der Waals surface area contributed by atoms with E-state index in [1.54, 1.807) is 48.3 Å². The summed E-state index contributed by atoms with van der Waals surface area (Å²) in [6.45, 7) is 5.54. The van der Waals surface area contributed by atoms with Gasteiger partial charge in [0.2, 0.25) is 5.91 Å². The van der Waals surface area contributed by atoms with Crippen LogP contribution >= 0.6 is 23.2 Å². The number of primary amides is 1. The molecule has 6 rings (SSSR count). The monoisotopic (exact) mass is 621 g/mol. The Balaban J connectivity index is 1.62. The third-order valence-corrected chi connectivity index (χ3v) is 8.10. The number of carbonyl (C=O) groups is 2. The number of nitrogens with zero attached hydrogens (tertiary/aromatic N) is 4. The van der Waals surface area contributed by atoms with Crippen LogP contribution in [0.2, 0.25) is 10.0 Å². The Kier molecular flexibility index (Phi) is 7.53. The molecule has 12 heteroatoms. The molecule has 0 spiro atoms. The summed E-state index contributed by atoms with van der Waals surface area (Å²) in [5, 5.41) is 5.76. The number of fused-ring (bicyclic) bond motifs is 3. The van der Waals surface area contributed by atoms with Gasteiger partial charge in [0.15, 0.2) is 5.69 Å². The van der Waals surface area contributed by atoms with Crippen LogP contribution < -0.4 is 15.2 Å². The normalized spacial score (nSPS) is 15.6. The lowest BCUT2D eigenvalue weighted by Gasteiger charge is -2.41. The molecule has 2 aromatic heterocycles. The highest BCUT2D eigenvalue weighted by Crippen LogP contribution is 2.45. The van der Waals surface area contributed by atoms with Crippen LogP contribution in [-0.4, -0.2) is 70.5 Å². The molecule has 2 aliphatic heterocycles. The van der Waals surface area contributed by atoms with Crippen molar-refractivity contribution in [3.05, 3.63) is 75.7 Å². The zero-order chi connectivity index (χ0) is 30.5. The number of rotatable bonds is 5. The maximum absolute atomic E-state index is 14.2. The second-order valence-corrected chi connectivity index (χ2v) is 11.9. The van der Waals surface area contributed by atoms with E-state index in [0.29, 0.717) is 88.1 Å². The number of ether oxygens (including phenoxy) is 3. The number of morpholine rings is 1. The van der Waals surface area contributed by atoms with Crippen molar-refractivity contribution < 1.29 is 23.8 Å². The minimum atomic E-state index is -0.598. The molecule has 0 radical (unpaired) electrons. The highest BCUT2D eigenvalue weighted by molar-refractivity contribution is 6.34. The number of nitrogens with two attached hydrogens (primary N) is 1. The largest absolute Gasteiger partial charge is 0.496 e. The fourth-order valence-corrected chi connectivity index (χ4v) is 6.11. The SMILES string of the molecule is COc1cc2c(cc1-c1cncc(C(N)=O)c1)-c1c(c(C(=O)N3CCOCC3(C)C)nn1-c1cc(Cl)cc(Cl)c1)CCO2. The Hall–Kier alpha value is -4.12. The van der Waals surface area contributed by atoms with Crippen molar-refractivity contribution in [2.75, 3.05) is 33.5 Å². The zero-order valence-electron chi connectivity index (χ0n) is 23.8. The molecule has 0 aliphatic carbocycles. The molecule has 0 unspecified atom stereocenters. The second kappa shape index (κ2) is 11.2. The Morgan fingerprint density at radius 1 is 1.02 bits per heavy atom. The number of hydrogen-bond acceptors (Lipinski definition) is 7. The van der Waals surface area contributed by atoms with Gasteiger partial charge < -0.3 is 24.8 Å². The molecule has 222 valence electrons. The van der Waals surface area contributed by atoms with E-state index in [9.17, 15) is 9.59 Å². The van der Waals surface area contributed by atoms with Gasteiger partial charge in [0.1, 0.15) is 11.5 Å². The van der Waals surface area contributed by atoms with Gasteiger partial charge >= 0.3 is 0 Å². The van der Waals surface area contributed by atoms with Gasteiger partial charge in [-0.05, 0) is 44.2 Å². The number of methoxy groups -OCH3 is 1. The lowest BCUT2D eigenvalue weighted by molar-refractivity contribution is -0.0373. The van der Waals surface area contributed by atoms with E-state index in [4.69, 9.17) is 48.2 Å². The molecule has 0 bridgehead atoms. The summed E-state index contributed by atoms with van der Waals surface area (Å²) in [7, 11) is 1.55. The van der Waals surface area contributed by atoms with Gasteiger partial charge in [-0.2, -0.15) is 5.10 Å². The summed E-state index contributed by atoms with van der Waals surface area (Å²) in [6.07, 6.45) is 3.45. The van der Waals surface area contributed by atoms with Gasteiger partial charge in [0.05, 0.1) is 49.4 Å². The fraction of sp³-hybridized carbons (Fsp3) is 0.290. The molecule has 4 heterocycles. The lowest BCUT2D eigenvalue weighted by atomic mass is 9.96. The van der Waals surface area contributed by atoms with E-state index in [0.717, 1.165) is 5.56 Å². The van der Waals surface area contributed by atoms with E-state index in [1.807, 2.05) is 24.8 Å². The summed E-state index contributed by atoms with van der Waals surface area (Å²) in [5.74, 6) is 0.248. The van der Waals surface area contributed by atoms with Gasteiger partial charge in [-0.1, -0.05) is 23.2 Å². The number of carbonyl (C=O) groups excluding carboxylic acids is 2. The smallest absolute Gasteiger partial charge is 0.275 e. The van der Waals surface area contributed by atoms with Crippen molar-refractivity contribution in [3.8, 4) is 39.6 Å². The first-order chi connectivity index (χ1) is 20.6. The highest BCUT2D eigenvalue weighted by atomic mass is 35.5. The van der Waals surface area contributed by atoms with E-state index in [2.05, 4.69) is 4.98 Å². The van der Waals surface area contributed by atoms with Gasteiger partial charge in [0, 0.05) is 63.7 Å². The number of pyridine rings is 1. The predicted octanol–water partition coefficient (Wildman–Crippen LogP) is 5.20. The van der Waals surface area contributed by atoms with Gasteiger partial charge in [-0.25, -0.2) is 4.68 Å². The predicted molar refractivity (Wildman–Crippen MR) is 162 cm³/mol. The first kappa shape index (κ1) is 29.0. The molecule has 0 saturated carbocycles. The number of aromatic nitrogens is 3. The lowest BCUT2D eigenvalue weighted by Crippen LogP contribution is -2.55. The molecule has 1 fully saturated rings. The van der Waals surface area contributed by atoms with Crippen molar-refractivity contribution in [1.29, 1.82) is 0 Å². The number of halogens is 2. The number of benzene rings is 2. The topological polar surface area (TPSA) is 122 Å². The molecule has 4 aromatic rings. The minimum absolute atomic E-state index is 0.202. The molecule has 2 aromatic carbocycles. The second-order valence-electron chi connectivity index (χ2n) is 11.0. The van der Waals surface area contributed by atoms with E-state index in [1.165, 1.54) is 6.20 Å². The summed E-state index contributed by atoms with van der Waals surface area (Å²) >= 11 is 12.9. The molecule has 0 atom stereocenters. The average molecular weight is 623 g/mol. The standard InChI is InChI=1S/C31H29Cl2N5O5/c1-31(2)16-42-7-5-37(31)30(40)27-22-4-6-43-26-13-25(41-3)23(17-8-18(29(34)39)15-35-14-17)12-24(26)28(22)38(36-27)21-10-19(32)9-20(33)11-21/h8-15H,4-7,16H2,1-3H3,(H2,34,39). The third kappa shape index (κ3) is 5.30. The van der Waals surface area contributed by atoms with Crippen LogP contribution in [0.5, 0.6) is 11.5 Å². The van der Waals surface area contributed by atoms with Crippen LogP contribution in [0.15, 0.2) is 48.8 Å². The first-order valence-electron chi connectivity index (χ1n) is 13.7. The van der Waals surface area contributed by atoms with Crippen LogP contribution in [0.3, 0.4) is 0 Å². The van der Waals surface area contributed by atoms with Crippen molar-refractivity contribution in [3.63, 3.8) is 0 Å². The van der Waals surface area contributed by atoms with Crippen LogP contribution in [0.1, 0.15) is 40.3 Å². The average Bonchev–Trinajstić information content (AvgIpc) is 3.25. The maximum atomic E-state index is 14.2. The van der Waals surface area contributed by atoms with Gasteiger partial charge in [-0.3, -0.25) is 14.6 Å². The van der Waals surface area contributed by atoms with Crippen LogP contribution in [0, 0.1) is 0 Å². The summed E-state index contributed by atoms with van der Waals surface area (Å²) in [4.78, 5) is 32.2. The summed E-state index contributed by atoms with van der Waals surface area (Å²) < 4.78 is 19.3. The van der Waals surface area contributed by atoms with Crippen molar-refractivity contribution in [2.45, 2.75) is 25.8 Å². The molecular weight excluding hydrogens is 593 g/mol. The maximum Gasteiger partial charge on any atom is 0.275 e. The van der Waals surface area contributed by atoms with Crippen LogP contribution in [0.25, 0.3) is 28.1 Å². The molecular formula is C31H29Cl2N5O5. The van der Waals surface area contributed by atoms with E-state index in [-0.39, 0.29) is 11.5 Å². The van der Waals surface area contributed by atoms with Gasteiger partial charge in [0.25, 0.3) is 5.91 Å². The van der Waals surface area contributed by atoms with Crippen molar-refractivity contribution >= 4 is 35.0 Å².